The Bertz CT molecular complexity index is 1840. The van der Waals surface area contributed by atoms with Gasteiger partial charge in [0.1, 0.15) is 11.2 Å². The molecule has 1 aliphatic heterocycles. The van der Waals surface area contributed by atoms with Gasteiger partial charge < -0.3 is 9.40 Å². The summed E-state index contributed by atoms with van der Waals surface area (Å²) in [6, 6.07) is 27.4. The first-order valence-electron chi connectivity index (χ1n) is 13.1. The lowest BCUT2D eigenvalue weighted by molar-refractivity contribution is 0.668. The maximum atomic E-state index is 6.11. The van der Waals surface area contributed by atoms with E-state index in [-0.39, 0.29) is 0 Å². The molecular formula is C32H28N4O. The lowest BCUT2D eigenvalue weighted by Crippen LogP contribution is -2.34. The Hall–Kier alpha value is -4.51. The minimum atomic E-state index is 0.847. The number of H-pyrrole nitrogens is 1. The van der Waals surface area contributed by atoms with Crippen molar-refractivity contribution in [2.75, 3.05) is 5.12 Å². The van der Waals surface area contributed by atoms with Crippen LogP contribution >= 0.6 is 0 Å². The van der Waals surface area contributed by atoms with Gasteiger partial charge in [-0.2, -0.15) is 10.2 Å². The molecule has 7 rings (SSSR count). The maximum Gasteiger partial charge on any atom is 0.137 e. The zero-order valence-corrected chi connectivity index (χ0v) is 20.8. The zero-order valence-electron chi connectivity index (χ0n) is 20.8. The highest BCUT2D eigenvalue weighted by molar-refractivity contribution is 6.13. The molecule has 0 amide bonds. The summed E-state index contributed by atoms with van der Waals surface area (Å²) >= 11 is 0. The molecule has 37 heavy (non-hydrogen) atoms. The molecule has 0 bridgehead atoms. The molecule has 6 aromatic rings. The number of para-hydroxylation sites is 2. The van der Waals surface area contributed by atoms with Crippen molar-refractivity contribution in [1.29, 1.82) is 0 Å². The number of nitrogens with zero attached hydrogens (tertiary/aromatic N) is 2. The van der Waals surface area contributed by atoms with E-state index in [0.717, 1.165) is 50.8 Å². The predicted octanol–water partition coefficient (Wildman–Crippen LogP) is 8.30. The van der Waals surface area contributed by atoms with Crippen molar-refractivity contribution >= 4 is 61.3 Å². The topological polar surface area (TPSA) is 56.6 Å². The molecule has 0 saturated carbocycles. The number of unbranched alkanes of at least 4 members (excludes halogenated alkanes) is 2. The molecule has 0 saturated heterocycles. The van der Waals surface area contributed by atoms with Gasteiger partial charge in [0.15, 0.2) is 0 Å². The van der Waals surface area contributed by atoms with Crippen LogP contribution in [-0.2, 0) is 6.42 Å². The van der Waals surface area contributed by atoms with E-state index in [1.54, 1.807) is 0 Å². The smallest absolute Gasteiger partial charge is 0.137 e. The summed E-state index contributed by atoms with van der Waals surface area (Å²) in [5, 5.41) is 11.2. The molecule has 5 heteroatoms. The molecule has 0 aliphatic carbocycles. The Labute approximate surface area is 215 Å². The number of hydrazone groups is 1. The quantitative estimate of drug-likeness (QED) is 0.234. The molecular weight excluding hydrogens is 456 g/mol. The minimum absolute atomic E-state index is 0.847. The van der Waals surface area contributed by atoms with Crippen LogP contribution in [0.5, 0.6) is 0 Å². The molecule has 2 aromatic heterocycles. The summed E-state index contributed by atoms with van der Waals surface area (Å²) in [4.78, 5) is 3.72. The SMILES string of the molecule is CCCCCc1cccc2[nH]c3c(C4=CC=NN(c5cccc6oc7ccccc7c56)N4)cccc3c12. The van der Waals surface area contributed by atoms with Gasteiger partial charge in [0.25, 0.3) is 0 Å². The number of nitrogens with one attached hydrogen (secondary N) is 2. The standard InChI is InChI=1S/C32H28N4O/c1-2-3-4-10-21-11-7-15-26-30(21)24-14-8-13-22(32(24)34-26)25-19-20-33-36(35-25)27-16-9-18-29-31(27)23-12-5-6-17-28(23)37-29/h5-9,11-20,34-35H,2-4,10H2,1H3. The van der Waals surface area contributed by atoms with E-state index in [1.165, 1.54) is 41.1 Å². The number of allylic oxidation sites excluding steroid dienone is 1. The van der Waals surface area contributed by atoms with Crippen molar-refractivity contribution in [3.8, 4) is 0 Å². The highest BCUT2D eigenvalue weighted by Crippen LogP contribution is 2.37. The second kappa shape index (κ2) is 8.86. The summed E-state index contributed by atoms with van der Waals surface area (Å²) in [5.74, 6) is 0. The van der Waals surface area contributed by atoms with E-state index in [0.29, 0.717) is 0 Å². The van der Waals surface area contributed by atoms with Crippen LogP contribution in [0.3, 0.4) is 0 Å². The van der Waals surface area contributed by atoms with Crippen LogP contribution in [0.1, 0.15) is 37.3 Å². The summed E-state index contributed by atoms with van der Waals surface area (Å²) < 4.78 is 6.11. The van der Waals surface area contributed by atoms with Crippen molar-refractivity contribution < 1.29 is 4.42 Å². The van der Waals surface area contributed by atoms with Crippen molar-refractivity contribution in [2.24, 2.45) is 5.10 Å². The minimum Gasteiger partial charge on any atom is -0.456 e. The van der Waals surface area contributed by atoms with Crippen LogP contribution in [0.15, 0.2) is 94.5 Å². The number of aryl methyl sites for hydroxylation is 1. The molecule has 0 radical (unpaired) electrons. The number of anilines is 1. The predicted molar refractivity (Wildman–Crippen MR) is 155 cm³/mol. The maximum absolute atomic E-state index is 6.11. The lowest BCUT2D eigenvalue weighted by atomic mass is 9.99. The van der Waals surface area contributed by atoms with E-state index in [9.17, 15) is 0 Å². The number of hydrazine groups is 1. The monoisotopic (exact) mass is 484 g/mol. The fourth-order valence-electron chi connectivity index (χ4n) is 5.61. The Balaban J connectivity index is 1.30. The Kier molecular flexibility index (Phi) is 5.21. The summed E-state index contributed by atoms with van der Waals surface area (Å²) in [6.07, 6.45) is 8.70. The number of rotatable bonds is 6. The number of hydrogen-bond acceptors (Lipinski definition) is 4. The zero-order chi connectivity index (χ0) is 24.8. The Morgan fingerprint density at radius 3 is 2.59 bits per heavy atom. The van der Waals surface area contributed by atoms with Crippen LogP contribution in [0.4, 0.5) is 5.69 Å². The van der Waals surface area contributed by atoms with Crippen molar-refractivity contribution in [3.63, 3.8) is 0 Å². The summed E-state index contributed by atoms with van der Waals surface area (Å²) in [6.45, 7) is 2.26. The average Bonchev–Trinajstić information content (AvgIpc) is 3.52. The second-order valence-electron chi connectivity index (χ2n) is 9.67. The Morgan fingerprint density at radius 2 is 1.65 bits per heavy atom. The molecule has 0 fully saturated rings. The average molecular weight is 485 g/mol. The first-order chi connectivity index (χ1) is 18.3. The fraction of sp³-hybridized carbons (Fsp3) is 0.156. The molecule has 0 atom stereocenters. The van der Waals surface area contributed by atoms with Gasteiger partial charge in [0.05, 0.1) is 28.5 Å². The van der Waals surface area contributed by atoms with E-state index in [2.05, 4.69) is 71.0 Å². The molecule has 0 unspecified atom stereocenters. The molecule has 3 heterocycles. The van der Waals surface area contributed by atoms with E-state index in [1.807, 2.05) is 47.7 Å². The van der Waals surface area contributed by atoms with Gasteiger partial charge in [-0.1, -0.05) is 74.4 Å². The first kappa shape index (κ1) is 21.7. The first-order valence-corrected chi connectivity index (χ1v) is 13.1. The third-order valence-electron chi connectivity index (χ3n) is 7.34. The fourth-order valence-corrected chi connectivity index (χ4v) is 5.61. The molecule has 2 N–H and O–H groups in total. The number of fused-ring (bicyclic) bond motifs is 6. The van der Waals surface area contributed by atoms with Gasteiger partial charge in [-0.3, -0.25) is 5.43 Å². The van der Waals surface area contributed by atoms with Gasteiger partial charge in [0, 0.05) is 27.2 Å². The van der Waals surface area contributed by atoms with Gasteiger partial charge in [0.2, 0.25) is 0 Å². The molecule has 4 aromatic carbocycles. The second-order valence-corrected chi connectivity index (χ2v) is 9.67. The van der Waals surface area contributed by atoms with Crippen LogP contribution in [0, 0.1) is 0 Å². The normalized spacial score (nSPS) is 13.6. The van der Waals surface area contributed by atoms with Crippen molar-refractivity contribution in [1.82, 2.24) is 10.4 Å². The highest BCUT2D eigenvalue weighted by Gasteiger charge is 2.20. The number of aromatic nitrogens is 1. The largest absolute Gasteiger partial charge is 0.456 e. The molecule has 0 spiro atoms. The Morgan fingerprint density at radius 1 is 0.811 bits per heavy atom. The van der Waals surface area contributed by atoms with E-state index >= 15 is 0 Å². The number of aromatic amines is 1. The molecule has 5 nitrogen and oxygen atoms in total. The number of benzene rings is 4. The third-order valence-corrected chi connectivity index (χ3v) is 7.34. The van der Waals surface area contributed by atoms with Gasteiger partial charge >= 0.3 is 0 Å². The van der Waals surface area contributed by atoms with Gasteiger partial charge in [-0.15, -0.1) is 0 Å². The number of furan rings is 1. The third kappa shape index (κ3) is 3.58. The highest BCUT2D eigenvalue weighted by atomic mass is 16.3. The van der Waals surface area contributed by atoms with Gasteiger partial charge in [-0.05, 0) is 48.7 Å². The van der Waals surface area contributed by atoms with Crippen LogP contribution in [0.2, 0.25) is 0 Å². The van der Waals surface area contributed by atoms with Crippen LogP contribution in [-0.4, -0.2) is 11.2 Å². The van der Waals surface area contributed by atoms with Crippen molar-refractivity contribution in [2.45, 2.75) is 32.6 Å². The summed E-state index contributed by atoms with van der Waals surface area (Å²) in [7, 11) is 0. The van der Waals surface area contributed by atoms with E-state index < -0.39 is 0 Å². The molecule has 1 aliphatic rings. The van der Waals surface area contributed by atoms with Gasteiger partial charge in [-0.25, -0.2) is 0 Å². The van der Waals surface area contributed by atoms with Crippen molar-refractivity contribution in [3.05, 3.63) is 96.1 Å². The van der Waals surface area contributed by atoms with E-state index in [4.69, 9.17) is 4.42 Å². The molecule has 182 valence electrons. The number of hydrogen-bond donors (Lipinski definition) is 2. The van der Waals surface area contributed by atoms with Crippen LogP contribution in [0.25, 0.3) is 49.4 Å². The van der Waals surface area contributed by atoms with Crippen LogP contribution < -0.4 is 10.5 Å². The lowest BCUT2D eigenvalue weighted by Gasteiger charge is -2.26. The summed E-state index contributed by atoms with van der Waals surface area (Å²) in [5.41, 5.74) is 12.1.